The predicted octanol–water partition coefficient (Wildman–Crippen LogP) is 4.85. The minimum absolute atomic E-state index is 0. The topological polar surface area (TPSA) is 61.9 Å². The minimum atomic E-state index is 0. The van der Waals surface area contributed by atoms with Gasteiger partial charge in [-0.05, 0) is 55.0 Å². The van der Waals surface area contributed by atoms with Crippen LogP contribution < -0.4 is 4.90 Å². The second-order valence-electron chi connectivity index (χ2n) is 8.02. The number of aromatic nitrogens is 2. The fourth-order valence-electron chi connectivity index (χ4n) is 4.27. The summed E-state index contributed by atoms with van der Waals surface area (Å²) in [5.74, 6) is 0.633. The first kappa shape index (κ1) is 22.6. The minimum Gasteiger partial charge on any atom is -0.330 e. The molecule has 0 saturated carbocycles. The first-order chi connectivity index (χ1) is 14.7. The van der Waals surface area contributed by atoms with Crippen LogP contribution in [-0.4, -0.2) is 22.0 Å². The van der Waals surface area contributed by atoms with E-state index < -0.39 is 0 Å². The molecule has 1 aliphatic heterocycles. The molecule has 2 atom stereocenters. The number of nitriles is 1. The molecule has 1 saturated heterocycles. The third-order valence-electron chi connectivity index (χ3n) is 6.16. The van der Waals surface area contributed by atoms with E-state index in [0.29, 0.717) is 11.5 Å². The van der Waals surface area contributed by atoms with E-state index >= 15 is 0 Å². The lowest BCUT2D eigenvalue weighted by molar-refractivity contribution is -0.125. The van der Waals surface area contributed by atoms with Crippen molar-refractivity contribution < 1.29 is 4.79 Å². The van der Waals surface area contributed by atoms with Crippen molar-refractivity contribution in [2.75, 3.05) is 11.4 Å². The van der Waals surface area contributed by atoms with Crippen LogP contribution in [-0.2, 0) is 17.8 Å². The van der Waals surface area contributed by atoms with Gasteiger partial charge in [-0.25, -0.2) is 4.98 Å². The van der Waals surface area contributed by atoms with E-state index in [2.05, 4.69) is 22.5 Å². The Bertz CT molecular complexity index is 1040. The lowest BCUT2D eigenvalue weighted by Crippen LogP contribution is -2.44. The van der Waals surface area contributed by atoms with Crippen molar-refractivity contribution in [2.24, 2.45) is 11.8 Å². The first-order valence-electron chi connectivity index (χ1n) is 10.5. The van der Waals surface area contributed by atoms with Crippen LogP contribution in [0.4, 0.5) is 5.69 Å². The summed E-state index contributed by atoms with van der Waals surface area (Å²) in [6.45, 7) is 3.58. The van der Waals surface area contributed by atoms with Gasteiger partial charge >= 0.3 is 0 Å². The number of piperidine rings is 1. The van der Waals surface area contributed by atoms with Gasteiger partial charge in [0.15, 0.2) is 0 Å². The van der Waals surface area contributed by atoms with Crippen LogP contribution in [0.5, 0.6) is 0 Å². The van der Waals surface area contributed by atoms with Crippen LogP contribution in [0, 0.1) is 23.2 Å². The normalized spacial score (nSPS) is 18.3. The van der Waals surface area contributed by atoms with Gasteiger partial charge in [-0.2, -0.15) is 5.26 Å². The standard InChI is InChI=1S/C25H26N4O.ClH/c1-19-22(13-14-29(25(19)30)23-5-3-2-4-6-23)11-12-24-16-27-18-28(24)17-21-9-7-20(15-26)8-10-21;/h2-10,16,18-19,22H,11-14,17H2,1H3;1H/t19-,22+;/m0./s1. The molecule has 2 heterocycles. The molecule has 6 heteroatoms. The van der Waals surface area contributed by atoms with Crippen LogP contribution in [0.1, 0.15) is 36.6 Å². The molecule has 1 amide bonds. The van der Waals surface area contributed by atoms with Gasteiger partial charge < -0.3 is 9.47 Å². The predicted molar refractivity (Wildman–Crippen MR) is 124 cm³/mol. The number of para-hydroxylation sites is 1. The van der Waals surface area contributed by atoms with Gasteiger partial charge in [0.05, 0.1) is 18.0 Å². The smallest absolute Gasteiger partial charge is 0.230 e. The molecule has 0 radical (unpaired) electrons. The Morgan fingerprint density at radius 3 is 2.58 bits per heavy atom. The van der Waals surface area contributed by atoms with Crippen molar-refractivity contribution in [2.45, 2.75) is 32.7 Å². The fraction of sp³-hybridized carbons (Fsp3) is 0.320. The molecule has 1 aliphatic rings. The maximum absolute atomic E-state index is 12.9. The van der Waals surface area contributed by atoms with Gasteiger partial charge in [0, 0.05) is 36.6 Å². The van der Waals surface area contributed by atoms with Crippen molar-refractivity contribution in [3.05, 3.63) is 83.9 Å². The molecule has 0 spiro atoms. The summed E-state index contributed by atoms with van der Waals surface area (Å²) >= 11 is 0. The van der Waals surface area contributed by atoms with Gasteiger partial charge in [0.25, 0.3) is 0 Å². The molecule has 1 fully saturated rings. The molecular formula is C25H27ClN4O. The Morgan fingerprint density at radius 1 is 1.13 bits per heavy atom. The molecule has 3 aromatic rings. The quantitative estimate of drug-likeness (QED) is 0.557. The first-order valence-corrected chi connectivity index (χ1v) is 10.5. The van der Waals surface area contributed by atoms with Crippen LogP contribution in [0.15, 0.2) is 67.1 Å². The number of aryl methyl sites for hydroxylation is 1. The molecule has 2 aromatic carbocycles. The summed E-state index contributed by atoms with van der Waals surface area (Å²) < 4.78 is 2.16. The Balaban J connectivity index is 0.00000272. The van der Waals surface area contributed by atoms with Gasteiger partial charge in [0.2, 0.25) is 5.91 Å². The van der Waals surface area contributed by atoms with E-state index in [4.69, 9.17) is 5.26 Å². The van der Waals surface area contributed by atoms with E-state index in [0.717, 1.165) is 43.6 Å². The SMILES string of the molecule is C[C@@H]1C(=O)N(c2ccccc2)CC[C@H]1CCc1cncn1Cc1ccc(C#N)cc1.Cl. The monoisotopic (exact) mass is 434 g/mol. The summed E-state index contributed by atoms with van der Waals surface area (Å²) in [5, 5.41) is 8.95. The highest BCUT2D eigenvalue weighted by Crippen LogP contribution is 2.31. The highest BCUT2D eigenvalue weighted by atomic mass is 35.5. The molecule has 0 unspecified atom stereocenters. The summed E-state index contributed by atoms with van der Waals surface area (Å²) in [7, 11) is 0. The molecule has 0 aliphatic carbocycles. The lowest BCUT2D eigenvalue weighted by atomic mass is 9.82. The summed E-state index contributed by atoms with van der Waals surface area (Å²) in [6.07, 6.45) is 6.69. The number of nitrogens with zero attached hydrogens (tertiary/aromatic N) is 4. The third kappa shape index (κ3) is 5.15. The van der Waals surface area contributed by atoms with E-state index in [-0.39, 0.29) is 24.2 Å². The van der Waals surface area contributed by atoms with E-state index in [9.17, 15) is 4.79 Å². The molecule has 0 bridgehead atoms. The second kappa shape index (κ2) is 10.3. The summed E-state index contributed by atoms with van der Waals surface area (Å²) in [4.78, 5) is 19.2. The average Bonchev–Trinajstić information content (AvgIpc) is 3.23. The van der Waals surface area contributed by atoms with Gasteiger partial charge in [-0.3, -0.25) is 4.79 Å². The number of benzene rings is 2. The van der Waals surface area contributed by atoms with Gasteiger partial charge in [-0.15, -0.1) is 12.4 Å². The number of carbonyl (C=O) groups excluding carboxylic acids is 1. The number of hydrogen-bond donors (Lipinski definition) is 0. The zero-order valence-electron chi connectivity index (χ0n) is 17.6. The van der Waals surface area contributed by atoms with Crippen LogP contribution in [0.2, 0.25) is 0 Å². The van der Waals surface area contributed by atoms with Gasteiger partial charge in [-0.1, -0.05) is 37.3 Å². The number of imidazole rings is 1. The van der Waals surface area contributed by atoms with Crippen LogP contribution >= 0.6 is 12.4 Å². The second-order valence-corrected chi connectivity index (χ2v) is 8.02. The molecule has 5 nitrogen and oxygen atoms in total. The molecule has 0 N–H and O–H groups in total. The Kier molecular flexibility index (Phi) is 7.49. The van der Waals surface area contributed by atoms with Gasteiger partial charge in [0.1, 0.15) is 0 Å². The van der Waals surface area contributed by atoms with Crippen molar-refractivity contribution in [1.29, 1.82) is 5.26 Å². The number of halogens is 1. The number of hydrogen-bond acceptors (Lipinski definition) is 3. The molecule has 1 aromatic heterocycles. The molecule has 31 heavy (non-hydrogen) atoms. The zero-order chi connectivity index (χ0) is 20.9. The largest absolute Gasteiger partial charge is 0.330 e. The molecule has 4 rings (SSSR count). The Hall–Kier alpha value is -3.10. The lowest BCUT2D eigenvalue weighted by Gasteiger charge is -2.36. The van der Waals surface area contributed by atoms with Crippen LogP contribution in [0.25, 0.3) is 0 Å². The van der Waals surface area contributed by atoms with E-state index in [1.807, 2.05) is 72.0 Å². The zero-order valence-corrected chi connectivity index (χ0v) is 18.5. The molecule has 160 valence electrons. The highest BCUT2D eigenvalue weighted by Gasteiger charge is 2.33. The summed E-state index contributed by atoms with van der Waals surface area (Å²) in [6, 6.07) is 19.8. The highest BCUT2D eigenvalue weighted by molar-refractivity contribution is 5.95. The van der Waals surface area contributed by atoms with Crippen molar-refractivity contribution in [3.63, 3.8) is 0 Å². The van der Waals surface area contributed by atoms with Crippen molar-refractivity contribution >= 4 is 24.0 Å². The number of amides is 1. The Morgan fingerprint density at radius 2 is 1.87 bits per heavy atom. The van der Waals surface area contributed by atoms with Crippen LogP contribution in [0.3, 0.4) is 0 Å². The van der Waals surface area contributed by atoms with E-state index in [1.54, 1.807) is 0 Å². The summed E-state index contributed by atoms with van der Waals surface area (Å²) in [5.41, 5.74) is 4.00. The van der Waals surface area contributed by atoms with Crippen molar-refractivity contribution in [3.8, 4) is 6.07 Å². The average molecular weight is 435 g/mol. The molecular weight excluding hydrogens is 408 g/mol. The Labute approximate surface area is 189 Å². The fourth-order valence-corrected chi connectivity index (χ4v) is 4.27. The number of rotatable bonds is 6. The van der Waals surface area contributed by atoms with E-state index in [1.165, 1.54) is 5.69 Å². The number of carbonyl (C=O) groups is 1. The number of anilines is 1. The van der Waals surface area contributed by atoms with Crippen molar-refractivity contribution in [1.82, 2.24) is 9.55 Å². The third-order valence-corrected chi connectivity index (χ3v) is 6.16. The maximum atomic E-state index is 12.9. The maximum Gasteiger partial charge on any atom is 0.230 e.